The number of imidazole rings is 1. The fraction of sp³-hybridized carbons (Fsp3) is 0.400. The van der Waals surface area contributed by atoms with Gasteiger partial charge in [0.05, 0.1) is 6.54 Å². The summed E-state index contributed by atoms with van der Waals surface area (Å²) in [6.07, 6.45) is 1.82. The van der Waals surface area contributed by atoms with E-state index in [2.05, 4.69) is 31.4 Å². The summed E-state index contributed by atoms with van der Waals surface area (Å²) in [5.41, 5.74) is 2.00. The van der Waals surface area contributed by atoms with E-state index in [9.17, 15) is 9.59 Å². The van der Waals surface area contributed by atoms with E-state index >= 15 is 0 Å². The Kier molecular flexibility index (Phi) is 5.99. The number of rotatable bonds is 8. The van der Waals surface area contributed by atoms with E-state index in [4.69, 9.17) is 11.6 Å². The van der Waals surface area contributed by atoms with Crippen LogP contribution in [0.4, 0.5) is 0 Å². The molecule has 4 aromatic rings. The van der Waals surface area contributed by atoms with Gasteiger partial charge in [0.2, 0.25) is 5.28 Å². The second-order valence-corrected chi connectivity index (χ2v) is 7.80. The van der Waals surface area contributed by atoms with Crippen molar-refractivity contribution in [2.45, 2.75) is 52.7 Å². The predicted molar refractivity (Wildman–Crippen MR) is 116 cm³/mol. The van der Waals surface area contributed by atoms with Crippen molar-refractivity contribution in [1.29, 1.82) is 0 Å². The lowest BCUT2D eigenvalue weighted by Crippen LogP contribution is -2.40. The number of nitrogens with zero attached hydrogens (tertiary/aromatic N) is 7. The van der Waals surface area contributed by atoms with Crippen LogP contribution in [-0.4, -0.2) is 39.3 Å². The summed E-state index contributed by atoms with van der Waals surface area (Å²) in [4.78, 5) is 34.0. The Hall–Kier alpha value is -3.27. The van der Waals surface area contributed by atoms with Crippen LogP contribution in [0.25, 0.3) is 11.2 Å². The molecular formula is C20H23ClN8O2. The first-order valence-electron chi connectivity index (χ1n) is 10.2. The van der Waals surface area contributed by atoms with Crippen molar-refractivity contribution in [1.82, 2.24) is 39.3 Å². The number of aromatic amines is 1. The van der Waals surface area contributed by atoms with Crippen molar-refractivity contribution in [3.63, 3.8) is 0 Å². The summed E-state index contributed by atoms with van der Waals surface area (Å²) in [6.45, 7) is 5.10. The molecule has 0 fully saturated rings. The topological polar surface area (TPSA) is 116 Å². The van der Waals surface area contributed by atoms with Crippen molar-refractivity contribution < 1.29 is 0 Å². The molecule has 31 heavy (non-hydrogen) atoms. The molecule has 0 aliphatic rings. The smallest absolute Gasteiger partial charge is 0.323 e. The first-order chi connectivity index (χ1) is 15.0. The zero-order chi connectivity index (χ0) is 22.0. The third kappa shape index (κ3) is 4.43. The molecule has 0 amide bonds. The lowest BCUT2D eigenvalue weighted by Gasteiger charge is -2.10. The van der Waals surface area contributed by atoms with Gasteiger partial charge in [0.15, 0.2) is 17.0 Å². The first-order valence-corrected chi connectivity index (χ1v) is 10.5. The molecule has 3 heterocycles. The molecule has 0 unspecified atom stereocenters. The van der Waals surface area contributed by atoms with Gasteiger partial charge in [0.25, 0.3) is 5.56 Å². The molecule has 4 rings (SSSR count). The molecule has 1 aromatic carbocycles. The second kappa shape index (κ2) is 8.84. The molecule has 0 atom stereocenters. The molecule has 0 bridgehead atoms. The van der Waals surface area contributed by atoms with E-state index < -0.39 is 11.2 Å². The lowest BCUT2D eigenvalue weighted by atomic mass is 10.1. The fourth-order valence-corrected chi connectivity index (χ4v) is 3.75. The number of hydrogen-bond donors (Lipinski definition) is 1. The van der Waals surface area contributed by atoms with Gasteiger partial charge in [-0.05, 0) is 42.1 Å². The minimum Gasteiger partial charge on any atom is -0.323 e. The summed E-state index contributed by atoms with van der Waals surface area (Å²) in [7, 11) is 0. The van der Waals surface area contributed by atoms with Crippen LogP contribution in [0.1, 0.15) is 36.7 Å². The molecule has 11 heteroatoms. The van der Waals surface area contributed by atoms with E-state index in [1.54, 1.807) is 0 Å². The van der Waals surface area contributed by atoms with Crippen LogP contribution >= 0.6 is 11.6 Å². The van der Waals surface area contributed by atoms with Crippen molar-refractivity contribution in [3.05, 3.63) is 67.3 Å². The summed E-state index contributed by atoms with van der Waals surface area (Å²) >= 11 is 5.93. The van der Waals surface area contributed by atoms with Crippen LogP contribution < -0.4 is 11.2 Å². The molecule has 0 aliphatic carbocycles. The number of tetrazole rings is 1. The summed E-state index contributed by atoms with van der Waals surface area (Å²) in [5.74, 6) is 0.626. The van der Waals surface area contributed by atoms with Gasteiger partial charge in [0.1, 0.15) is 0 Å². The number of aromatic nitrogens is 8. The number of halogens is 1. The molecule has 162 valence electrons. The lowest BCUT2D eigenvalue weighted by molar-refractivity contribution is 0.453. The molecule has 3 aromatic heterocycles. The van der Waals surface area contributed by atoms with Crippen LogP contribution in [0, 0.1) is 6.92 Å². The molecule has 1 N–H and O–H groups in total. The number of H-pyrrole nitrogens is 1. The largest absolute Gasteiger partial charge is 0.332 e. The maximum Gasteiger partial charge on any atom is 0.332 e. The van der Waals surface area contributed by atoms with Crippen LogP contribution in [0.5, 0.6) is 0 Å². The zero-order valence-corrected chi connectivity index (χ0v) is 18.1. The van der Waals surface area contributed by atoms with Crippen molar-refractivity contribution in [2.75, 3.05) is 0 Å². The van der Waals surface area contributed by atoms with Gasteiger partial charge >= 0.3 is 5.69 Å². The predicted octanol–water partition coefficient (Wildman–Crippen LogP) is 1.93. The average Bonchev–Trinajstić information content (AvgIpc) is 3.34. The number of fused-ring (bicyclic) bond motifs is 1. The van der Waals surface area contributed by atoms with Gasteiger partial charge in [-0.1, -0.05) is 36.8 Å². The highest BCUT2D eigenvalue weighted by atomic mass is 35.5. The Morgan fingerprint density at radius 2 is 1.97 bits per heavy atom. The molecule has 0 aliphatic heterocycles. The zero-order valence-electron chi connectivity index (χ0n) is 17.4. The number of aryl methyl sites for hydroxylation is 3. The maximum atomic E-state index is 12.9. The molecule has 0 radical (unpaired) electrons. The number of hydrogen-bond acceptors (Lipinski definition) is 6. The SMILES string of the molecule is CCCn1c(=O)n(CCCn2nnc(Cc3cccc(C)c3)n2)c(=O)c2[nH]c(Cl)nc21. The van der Waals surface area contributed by atoms with Gasteiger partial charge in [0, 0.05) is 19.5 Å². The van der Waals surface area contributed by atoms with Crippen LogP contribution in [0.2, 0.25) is 5.28 Å². The Bertz CT molecular complexity index is 1330. The van der Waals surface area contributed by atoms with Gasteiger partial charge in [-0.3, -0.25) is 13.9 Å². The van der Waals surface area contributed by atoms with Gasteiger partial charge in [-0.15, -0.1) is 10.2 Å². The third-order valence-corrected chi connectivity index (χ3v) is 5.14. The highest BCUT2D eigenvalue weighted by Crippen LogP contribution is 2.10. The summed E-state index contributed by atoms with van der Waals surface area (Å²) in [6, 6.07) is 8.16. The van der Waals surface area contributed by atoms with E-state index in [-0.39, 0.29) is 23.0 Å². The summed E-state index contributed by atoms with van der Waals surface area (Å²) in [5, 5.41) is 12.7. The van der Waals surface area contributed by atoms with E-state index in [1.807, 2.05) is 32.0 Å². The van der Waals surface area contributed by atoms with Crippen LogP contribution in [0.15, 0.2) is 33.9 Å². The molecule has 0 saturated carbocycles. The molecular weight excluding hydrogens is 420 g/mol. The van der Waals surface area contributed by atoms with E-state index in [0.717, 1.165) is 12.0 Å². The maximum absolute atomic E-state index is 12.9. The molecule has 0 saturated heterocycles. The average molecular weight is 443 g/mol. The van der Waals surface area contributed by atoms with Crippen molar-refractivity contribution in [3.8, 4) is 0 Å². The fourth-order valence-electron chi connectivity index (χ4n) is 3.58. The van der Waals surface area contributed by atoms with E-state index in [0.29, 0.717) is 31.8 Å². The standard InChI is InChI=1S/C20H23ClN8O2/c1-3-8-27-17-16(22-19(21)23-17)18(30)28(20(27)31)9-5-10-29-25-15(24-26-29)12-14-7-4-6-13(2)11-14/h4,6-7,11H,3,5,8-10,12H2,1-2H3,(H,22,23). The highest BCUT2D eigenvalue weighted by Gasteiger charge is 2.16. The van der Waals surface area contributed by atoms with Gasteiger partial charge in [-0.25, -0.2) is 4.79 Å². The minimum absolute atomic E-state index is 0.0852. The minimum atomic E-state index is -0.432. The highest BCUT2D eigenvalue weighted by molar-refractivity contribution is 6.28. The first kappa shape index (κ1) is 21.0. The van der Waals surface area contributed by atoms with Gasteiger partial charge in [-0.2, -0.15) is 9.78 Å². The summed E-state index contributed by atoms with van der Waals surface area (Å²) < 4.78 is 2.68. The number of nitrogens with one attached hydrogen (secondary N) is 1. The molecule has 10 nitrogen and oxygen atoms in total. The Morgan fingerprint density at radius 1 is 1.13 bits per heavy atom. The van der Waals surface area contributed by atoms with Crippen LogP contribution in [0.3, 0.4) is 0 Å². The van der Waals surface area contributed by atoms with Crippen molar-refractivity contribution >= 4 is 22.8 Å². The quantitative estimate of drug-likeness (QED) is 0.417. The molecule has 0 spiro atoms. The third-order valence-electron chi connectivity index (χ3n) is 4.96. The van der Waals surface area contributed by atoms with Crippen molar-refractivity contribution in [2.24, 2.45) is 0 Å². The Labute approximate surface area is 182 Å². The monoisotopic (exact) mass is 442 g/mol. The normalized spacial score (nSPS) is 11.5. The van der Waals surface area contributed by atoms with E-state index in [1.165, 1.54) is 19.5 Å². The number of benzene rings is 1. The second-order valence-electron chi connectivity index (χ2n) is 7.44. The van der Waals surface area contributed by atoms with Gasteiger partial charge < -0.3 is 4.98 Å². The Balaban J connectivity index is 1.48. The Morgan fingerprint density at radius 3 is 2.74 bits per heavy atom. The van der Waals surface area contributed by atoms with Crippen LogP contribution in [-0.2, 0) is 26.1 Å².